The Bertz CT molecular complexity index is 779. The zero-order valence-corrected chi connectivity index (χ0v) is 20.7. The Balaban J connectivity index is 0.00000341. The Kier molecular flexibility index (Phi) is 11.8. The van der Waals surface area contributed by atoms with Gasteiger partial charge in [-0.05, 0) is 42.6 Å². The van der Waals surface area contributed by atoms with E-state index in [0.29, 0.717) is 6.54 Å². The molecule has 31 heavy (non-hydrogen) atoms. The molecule has 0 aromatic heterocycles. The van der Waals surface area contributed by atoms with Crippen molar-refractivity contribution in [1.29, 1.82) is 0 Å². The largest absolute Gasteiger partial charge is 0.356 e. The molecule has 2 N–H and O–H groups in total. The molecule has 0 unspecified atom stereocenters. The van der Waals surface area contributed by atoms with Crippen molar-refractivity contribution in [2.24, 2.45) is 4.99 Å². The fraction of sp³-hybridized carbons (Fsp3) is 0.458. The number of benzene rings is 2. The van der Waals surface area contributed by atoms with Crippen molar-refractivity contribution in [3.8, 4) is 0 Å². The van der Waals surface area contributed by atoms with Gasteiger partial charge >= 0.3 is 0 Å². The summed E-state index contributed by atoms with van der Waals surface area (Å²) in [6.45, 7) is 8.24. The van der Waals surface area contributed by atoms with Gasteiger partial charge in [-0.3, -0.25) is 9.89 Å². The zero-order valence-electron chi connectivity index (χ0n) is 18.4. The Morgan fingerprint density at radius 3 is 2.32 bits per heavy atom. The first-order valence-corrected chi connectivity index (χ1v) is 10.9. The molecule has 5 nitrogen and oxygen atoms in total. The average Bonchev–Trinajstić information content (AvgIpc) is 2.77. The van der Waals surface area contributed by atoms with E-state index in [1.807, 2.05) is 6.07 Å². The highest BCUT2D eigenvalue weighted by molar-refractivity contribution is 14.0. The molecule has 170 valence electrons. The summed E-state index contributed by atoms with van der Waals surface area (Å²) in [5.41, 5.74) is 2.31. The number of halogens is 2. The van der Waals surface area contributed by atoms with Gasteiger partial charge in [0, 0.05) is 52.9 Å². The predicted octanol–water partition coefficient (Wildman–Crippen LogP) is 3.71. The maximum Gasteiger partial charge on any atom is 0.191 e. The van der Waals surface area contributed by atoms with E-state index in [1.54, 1.807) is 19.2 Å². The van der Waals surface area contributed by atoms with E-state index in [1.165, 1.54) is 18.1 Å². The molecule has 1 aliphatic rings. The van der Waals surface area contributed by atoms with Crippen LogP contribution in [0, 0.1) is 5.82 Å². The number of nitrogens with zero attached hydrogens (tertiary/aromatic N) is 3. The van der Waals surface area contributed by atoms with E-state index in [2.05, 4.69) is 55.8 Å². The Hall–Kier alpha value is -1.71. The lowest BCUT2D eigenvalue weighted by molar-refractivity contribution is 0.126. The van der Waals surface area contributed by atoms with Crippen LogP contribution in [-0.4, -0.2) is 62.1 Å². The topological polar surface area (TPSA) is 42.9 Å². The highest BCUT2D eigenvalue weighted by Crippen LogP contribution is 2.09. The molecule has 0 spiro atoms. The molecule has 7 heteroatoms. The third kappa shape index (κ3) is 9.53. The summed E-state index contributed by atoms with van der Waals surface area (Å²) in [4.78, 5) is 9.35. The molecule has 1 saturated heterocycles. The summed E-state index contributed by atoms with van der Waals surface area (Å²) in [6, 6.07) is 17.4. The Morgan fingerprint density at radius 2 is 1.61 bits per heavy atom. The molecule has 3 rings (SSSR count). The van der Waals surface area contributed by atoms with Gasteiger partial charge in [0.1, 0.15) is 5.82 Å². The summed E-state index contributed by atoms with van der Waals surface area (Å²) < 4.78 is 13.3. The molecular weight excluding hydrogens is 504 g/mol. The van der Waals surface area contributed by atoms with Crippen LogP contribution >= 0.6 is 24.0 Å². The molecular formula is C24H35FIN5. The number of aliphatic imine (C=N–C) groups is 1. The van der Waals surface area contributed by atoms with Gasteiger partial charge in [0.2, 0.25) is 0 Å². The van der Waals surface area contributed by atoms with Crippen LogP contribution in [-0.2, 0) is 13.1 Å². The molecule has 1 aliphatic heterocycles. The smallest absolute Gasteiger partial charge is 0.191 e. The number of rotatable bonds is 9. The fourth-order valence-electron chi connectivity index (χ4n) is 3.73. The second kappa shape index (κ2) is 14.4. The summed E-state index contributed by atoms with van der Waals surface area (Å²) in [5.74, 6) is 0.548. The van der Waals surface area contributed by atoms with Crippen molar-refractivity contribution < 1.29 is 4.39 Å². The van der Waals surface area contributed by atoms with Gasteiger partial charge in [-0.25, -0.2) is 4.39 Å². The molecule has 0 saturated carbocycles. The van der Waals surface area contributed by atoms with E-state index in [-0.39, 0.29) is 29.8 Å². The fourth-order valence-corrected chi connectivity index (χ4v) is 3.73. The minimum absolute atomic E-state index is 0. The lowest BCUT2D eigenvalue weighted by Gasteiger charge is -2.34. The molecule has 0 radical (unpaired) electrons. The normalized spacial score (nSPS) is 15.4. The van der Waals surface area contributed by atoms with Crippen LogP contribution in [0.2, 0.25) is 0 Å². The molecule has 0 aliphatic carbocycles. The zero-order chi connectivity index (χ0) is 21.0. The highest BCUT2D eigenvalue weighted by Gasteiger charge is 2.16. The molecule has 2 aromatic rings. The first kappa shape index (κ1) is 25.5. The summed E-state index contributed by atoms with van der Waals surface area (Å²) in [6.07, 6.45) is 2.28. The summed E-state index contributed by atoms with van der Waals surface area (Å²) in [5, 5.41) is 6.58. The van der Waals surface area contributed by atoms with Gasteiger partial charge in [0.25, 0.3) is 0 Å². The van der Waals surface area contributed by atoms with Crippen LogP contribution in [0.4, 0.5) is 4.39 Å². The van der Waals surface area contributed by atoms with E-state index in [4.69, 9.17) is 0 Å². The van der Waals surface area contributed by atoms with Crippen LogP contribution in [0.5, 0.6) is 0 Å². The first-order chi connectivity index (χ1) is 14.7. The lowest BCUT2D eigenvalue weighted by atomic mass is 10.2. The van der Waals surface area contributed by atoms with E-state index in [0.717, 1.165) is 63.8 Å². The third-order valence-electron chi connectivity index (χ3n) is 5.48. The van der Waals surface area contributed by atoms with Crippen LogP contribution in [0.25, 0.3) is 0 Å². The third-order valence-corrected chi connectivity index (χ3v) is 5.48. The number of nitrogens with one attached hydrogen (secondary N) is 2. The van der Waals surface area contributed by atoms with Crippen molar-refractivity contribution in [1.82, 2.24) is 20.4 Å². The predicted molar refractivity (Wildman–Crippen MR) is 137 cm³/mol. The van der Waals surface area contributed by atoms with Crippen LogP contribution in [0.1, 0.15) is 24.0 Å². The Morgan fingerprint density at radius 1 is 0.903 bits per heavy atom. The van der Waals surface area contributed by atoms with Crippen LogP contribution in [0.15, 0.2) is 59.6 Å². The molecule has 0 atom stereocenters. The maximum atomic E-state index is 13.3. The molecule has 2 aromatic carbocycles. The van der Waals surface area contributed by atoms with Crippen molar-refractivity contribution in [2.45, 2.75) is 25.9 Å². The molecule has 1 heterocycles. The lowest BCUT2D eigenvalue weighted by Crippen LogP contribution is -2.46. The van der Waals surface area contributed by atoms with Gasteiger partial charge in [0.15, 0.2) is 5.96 Å². The summed E-state index contributed by atoms with van der Waals surface area (Å²) >= 11 is 0. The quantitative estimate of drug-likeness (QED) is 0.221. The second-order valence-electron chi connectivity index (χ2n) is 7.79. The van der Waals surface area contributed by atoms with Gasteiger partial charge in [-0.2, -0.15) is 0 Å². The number of guanidine groups is 1. The van der Waals surface area contributed by atoms with Gasteiger partial charge < -0.3 is 15.5 Å². The average molecular weight is 539 g/mol. The monoisotopic (exact) mass is 539 g/mol. The molecule has 0 amide bonds. The molecule has 0 bridgehead atoms. The SMILES string of the molecule is CN=C(NCCCCN1CCN(Cc2ccccc2)CC1)NCc1cccc(F)c1.I. The summed E-state index contributed by atoms with van der Waals surface area (Å²) in [7, 11) is 1.76. The van der Waals surface area contributed by atoms with Crippen molar-refractivity contribution in [3.63, 3.8) is 0 Å². The minimum Gasteiger partial charge on any atom is -0.356 e. The standard InChI is InChI=1S/C24H34FN5.HI/c1-26-24(28-19-22-10-7-11-23(25)18-22)27-12-5-6-13-29-14-16-30(17-15-29)20-21-8-3-2-4-9-21;/h2-4,7-11,18H,5-6,12-17,19-20H2,1H3,(H2,26,27,28);1H. The number of unbranched alkanes of at least 4 members (excludes halogenated alkanes) is 1. The van der Waals surface area contributed by atoms with Crippen molar-refractivity contribution in [2.75, 3.05) is 46.3 Å². The first-order valence-electron chi connectivity index (χ1n) is 10.9. The number of hydrogen-bond acceptors (Lipinski definition) is 3. The van der Waals surface area contributed by atoms with Crippen LogP contribution < -0.4 is 10.6 Å². The van der Waals surface area contributed by atoms with Gasteiger partial charge in [-0.1, -0.05) is 42.5 Å². The number of piperazine rings is 1. The minimum atomic E-state index is -0.210. The number of hydrogen-bond donors (Lipinski definition) is 2. The van der Waals surface area contributed by atoms with Crippen LogP contribution in [0.3, 0.4) is 0 Å². The van der Waals surface area contributed by atoms with Gasteiger partial charge in [0.05, 0.1) is 0 Å². The Labute approximate surface area is 203 Å². The van der Waals surface area contributed by atoms with Crippen molar-refractivity contribution >= 4 is 29.9 Å². The van der Waals surface area contributed by atoms with E-state index >= 15 is 0 Å². The molecule has 1 fully saturated rings. The van der Waals surface area contributed by atoms with Gasteiger partial charge in [-0.15, -0.1) is 24.0 Å². The van der Waals surface area contributed by atoms with E-state index < -0.39 is 0 Å². The highest BCUT2D eigenvalue weighted by atomic mass is 127. The van der Waals surface area contributed by atoms with E-state index in [9.17, 15) is 4.39 Å². The van der Waals surface area contributed by atoms with Crippen molar-refractivity contribution in [3.05, 3.63) is 71.5 Å². The maximum absolute atomic E-state index is 13.3. The second-order valence-corrected chi connectivity index (χ2v) is 7.79.